The molecule has 3 rings (SSSR count). The van der Waals surface area contributed by atoms with Crippen LogP contribution in [0.15, 0.2) is 10.2 Å². The lowest BCUT2D eigenvalue weighted by atomic mass is 10.3. The average molecular weight is 221 g/mol. The summed E-state index contributed by atoms with van der Waals surface area (Å²) in [5.74, 6) is 0.542. The van der Waals surface area contributed by atoms with Crippen LogP contribution in [0.4, 0.5) is 5.69 Å². The molecule has 5 heteroatoms. The van der Waals surface area contributed by atoms with E-state index >= 15 is 0 Å². The molecule has 0 radical (unpaired) electrons. The molecule has 0 atom stereocenters. The molecule has 0 aromatic carbocycles. The third-order valence-electron chi connectivity index (χ3n) is 2.82. The van der Waals surface area contributed by atoms with E-state index in [1.54, 1.807) is 11.3 Å². The molecular formula is C10H11N3OS. The molecule has 15 heavy (non-hydrogen) atoms. The average Bonchev–Trinajstić information content (AvgIpc) is 2.97. The van der Waals surface area contributed by atoms with Crippen LogP contribution in [0.5, 0.6) is 0 Å². The summed E-state index contributed by atoms with van der Waals surface area (Å²) in [4.78, 5) is 17.0. The van der Waals surface area contributed by atoms with Gasteiger partial charge in [0.2, 0.25) is 0 Å². The predicted octanol–water partition coefficient (Wildman–Crippen LogP) is 1.52. The van der Waals surface area contributed by atoms with Crippen molar-refractivity contribution in [2.75, 3.05) is 5.73 Å². The van der Waals surface area contributed by atoms with Crippen LogP contribution in [0.3, 0.4) is 0 Å². The summed E-state index contributed by atoms with van der Waals surface area (Å²) in [5.41, 5.74) is 7.58. The van der Waals surface area contributed by atoms with E-state index in [1.165, 1.54) is 24.2 Å². The molecule has 1 saturated carbocycles. The van der Waals surface area contributed by atoms with Gasteiger partial charge in [0.1, 0.15) is 5.69 Å². The van der Waals surface area contributed by atoms with Crippen molar-refractivity contribution in [3.63, 3.8) is 0 Å². The summed E-state index contributed by atoms with van der Waals surface area (Å²) in [5, 5.41) is 2.03. The Labute approximate surface area is 90.4 Å². The molecule has 4 nitrogen and oxygen atoms in total. The lowest BCUT2D eigenvalue weighted by Gasteiger charge is -2.02. The minimum atomic E-state index is -0.111. The van der Waals surface area contributed by atoms with E-state index in [-0.39, 0.29) is 11.2 Å². The fourth-order valence-electron chi connectivity index (χ4n) is 1.75. The second-order valence-corrected chi connectivity index (χ2v) is 4.81. The standard InChI is InChI=1S/C10H11N3OS/c1-5-8(11)9(14)13-7(6-2-3-6)4-15-10(13)12-5/h4,6H,2-3,11H2,1H3. The van der Waals surface area contributed by atoms with Crippen molar-refractivity contribution in [1.82, 2.24) is 9.38 Å². The fraction of sp³-hybridized carbons (Fsp3) is 0.400. The number of thiazole rings is 1. The Bertz CT molecular complexity index is 594. The van der Waals surface area contributed by atoms with Crippen LogP contribution in [-0.2, 0) is 0 Å². The highest BCUT2D eigenvalue weighted by Gasteiger charge is 2.28. The number of anilines is 1. The Hall–Kier alpha value is -1.36. The van der Waals surface area contributed by atoms with Crippen LogP contribution >= 0.6 is 11.3 Å². The van der Waals surface area contributed by atoms with E-state index < -0.39 is 0 Å². The minimum absolute atomic E-state index is 0.111. The molecule has 78 valence electrons. The van der Waals surface area contributed by atoms with Crippen molar-refractivity contribution in [3.8, 4) is 0 Å². The summed E-state index contributed by atoms with van der Waals surface area (Å²) < 4.78 is 1.67. The maximum absolute atomic E-state index is 12.0. The number of fused-ring (bicyclic) bond motifs is 1. The molecular weight excluding hydrogens is 210 g/mol. The van der Waals surface area contributed by atoms with Gasteiger partial charge in [-0.3, -0.25) is 9.20 Å². The van der Waals surface area contributed by atoms with Gasteiger partial charge in [-0.25, -0.2) is 4.98 Å². The summed E-state index contributed by atoms with van der Waals surface area (Å²) in [7, 11) is 0. The summed E-state index contributed by atoms with van der Waals surface area (Å²) in [6.45, 7) is 1.77. The van der Waals surface area contributed by atoms with E-state index in [4.69, 9.17) is 5.73 Å². The number of aryl methyl sites for hydroxylation is 1. The second kappa shape index (κ2) is 2.82. The maximum atomic E-state index is 12.0. The Morgan fingerprint density at radius 1 is 1.60 bits per heavy atom. The number of rotatable bonds is 1. The highest BCUT2D eigenvalue weighted by Crippen LogP contribution is 2.41. The summed E-state index contributed by atoms with van der Waals surface area (Å²) in [6.07, 6.45) is 2.35. The first kappa shape index (κ1) is 8.91. The highest BCUT2D eigenvalue weighted by molar-refractivity contribution is 7.15. The van der Waals surface area contributed by atoms with Gasteiger partial charge in [-0.05, 0) is 19.8 Å². The SMILES string of the molecule is Cc1nc2scc(C3CC3)n2c(=O)c1N. The number of nitrogens with two attached hydrogens (primary N) is 1. The Morgan fingerprint density at radius 2 is 2.33 bits per heavy atom. The van der Waals surface area contributed by atoms with Gasteiger partial charge in [-0.1, -0.05) is 0 Å². The van der Waals surface area contributed by atoms with E-state index in [1.807, 2.05) is 5.38 Å². The van der Waals surface area contributed by atoms with Crippen molar-refractivity contribution in [3.05, 3.63) is 27.1 Å². The molecule has 0 bridgehead atoms. The van der Waals surface area contributed by atoms with E-state index in [0.717, 1.165) is 10.7 Å². The Balaban J connectivity index is 2.42. The van der Waals surface area contributed by atoms with Crippen LogP contribution in [0.2, 0.25) is 0 Å². The molecule has 0 unspecified atom stereocenters. The molecule has 2 aromatic heterocycles. The molecule has 0 spiro atoms. The summed E-state index contributed by atoms with van der Waals surface area (Å²) >= 11 is 1.52. The van der Waals surface area contributed by atoms with Crippen LogP contribution in [-0.4, -0.2) is 9.38 Å². The van der Waals surface area contributed by atoms with Crippen LogP contribution in [0, 0.1) is 6.92 Å². The van der Waals surface area contributed by atoms with Gasteiger partial charge in [0, 0.05) is 17.0 Å². The third kappa shape index (κ3) is 1.19. The van der Waals surface area contributed by atoms with Crippen molar-refractivity contribution < 1.29 is 0 Å². The van der Waals surface area contributed by atoms with Gasteiger partial charge >= 0.3 is 0 Å². The molecule has 1 aliphatic carbocycles. The molecule has 2 N–H and O–H groups in total. The monoisotopic (exact) mass is 221 g/mol. The molecule has 0 saturated heterocycles. The minimum Gasteiger partial charge on any atom is -0.393 e. The Kier molecular flexibility index (Phi) is 1.68. The fourth-order valence-corrected chi connectivity index (χ4v) is 2.75. The molecule has 1 aliphatic rings. The first-order valence-electron chi connectivity index (χ1n) is 4.94. The quantitative estimate of drug-likeness (QED) is 0.794. The zero-order chi connectivity index (χ0) is 10.6. The molecule has 0 aliphatic heterocycles. The van der Waals surface area contributed by atoms with Gasteiger partial charge in [-0.2, -0.15) is 0 Å². The van der Waals surface area contributed by atoms with Gasteiger partial charge < -0.3 is 5.73 Å². The number of hydrogen-bond donors (Lipinski definition) is 1. The van der Waals surface area contributed by atoms with Gasteiger partial charge in [0.15, 0.2) is 4.96 Å². The molecule has 2 heterocycles. The first-order valence-corrected chi connectivity index (χ1v) is 5.82. The molecule has 0 amide bonds. The highest BCUT2D eigenvalue weighted by atomic mass is 32.1. The second-order valence-electron chi connectivity index (χ2n) is 3.97. The van der Waals surface area contributed by atoms with Crippen LogP contribution in [0.1, 0.15) is 30.1 Å². The molecule has 2 aromatic rings. The van der Waals surface area contributed by atoms with Crippen LogP contribution < -0.4 is 11.3 Å². The van der Waals surface area contributed by atoms with E-state index in [9.17, 15) is 4.79 Å². The van der Waals surface area contributed by atoms with Crippen LogP contribution in [0.25, 0.3) is 4.96 Å². The zero-order valence-electron chi connectivity index (χ0n) is 8.36. The number of aromatic nitrogens is 2. The van der Waals surface area contributed by atoms with Gasteiger partial charge in [-0.15, -0.1) is 11.3 Å². The Morgan fingerprint density at radius 3 is 3.00 bits per heavy atom. The zero-order valence-corrected chi connectivity index (χ0v) is 9.17. The lowest BCUT2D eigenvalue weighted by Crippen LogP contribution is -2.20. The number of hydrogen-bond acceptors (Lipinski definition) is 4. The van der Waals surface area contributed by atoms with Crippen molar-refractivity contribution in [2.24, 2.45) is 0 Å². The van der Waals surface area contributed by atoms with E-state index in [0.29, 0.717) is 11.6 Å². The molecule has 1 fully saturated rings. The topological polar surface area (TPSA) is 60.4 Å². The van der Waals surface area contributed by atoms with Gasteiger partial charge in [0.25, 0.3) is 5.56 Å². The number of nitrogens with zero attached hydrogens (tertiary/aromatic N) is 2. The third-order valence-corrected chi connectivity index (χ3v) is 3.66. The lowest BCUT2D eigenvalue weighted by molar-refractivity contribution is 0.934. The largest absolute Gasteiger partial charge is 0.393 e. The number of nitrogen functional groups attached to an aromatic ring is 1. The summed E-state index contributed by atoms with van der Waals surface area (Å²) in [6, 6.07) is 0. The normalized spacial score (nSPS) is 16.1. The maximum Gasteiger partial charge on any atom is 0.282 e. The van der Waals surface area contributed by atoms with Crippen molar-refractivity contribution in [1.29, 1.82) is 0 Å². The van der Waals surface area contributed by atoms with E-state index in [2.05, 4.69) is 4.98 Å². The van der Waals surface area contributed by atoms with Gasteiger partial charge in [0.05, 0.1) is 5.69 Å². The first-order chi connectivity index (χ1) is 7.18. The predicted molar refractivity (Wildman–Crippen MR) is 60.5 cm³/mol. The smallest absolute Gasteiger partial charge is 0.282 e. The van der Waals surface area contributed by atoms with Crippen molar-refractivity contribution >= 4 is 22.0 Å². The van der Waals surface area contributed by atoms with Crippen molar-refractivity contribution in [2.45, 2.75) is 25.7 Å².